The summed E-state index contributed by atoms with van der Waals surface area (Å²) in [4.78, 5) is 16.4. The Bertz CT molecular complexity index is 440. The molecule has 0 amide bonds. The van der Waals surface area contributed by atoms with E-state index in [0.29, 0.717) is 5.92 Å². The SMILES string of the molecule is C[C@H]1Cc2nc(C(C)(C)C)cc(=O)n2C1. The van der Waals surface area contributed by atoms with Gasteiger partial charge < -0.3 is 0 Å². The highest BCUT2D eigenvalue weighted by atomic mass is 16.1. The Kier molecular flexibility index (Phi) is 2.21. The molecule has 0 radical (unpaired) electrons. The average molecular weight is 206 g/mol. The van der Waals surface area contributed by atoms with Crippen LogP contribution in [-0.2, 0) is 18.4 Å². The molecule has 1 aromatic rings. The van der Waals surface area contributed by atoms with Crippen LogP contribution in [0.2, 0.25) is 0 Å². The van der Waals surface area contributed by atoms with Gasteiger partial charge in [0, 0.05) is 24.4 Å². The third kappa shape index (κ3) is 1.83. The van der Waals surface area contributed by atoms with Gasteiger partial charge in [-0.15, -0.1) is 0 Å². The zero-order valence-corrected chi connectivity index (χ0v) is 9.87. The molecule has 2 heterocycles. The second-order valence-corrected chi connectivity index (χ2v) is 5.57. The first-order valence-corrected chi connectivity index (χ1v) is 5.49. The summed E-state index contributed by atoms with van der Waals surface area (Å²) >= 11 is 0. The van der Waals surface area contributed by atoms with Crippen molar-refractivity contribution in [2.24, 2.45) is 5.92 Å². The number of hydrogen-bond donors (Lipinski definition) is 0. The first-order valence-electron chi connectivity index (χ1n) is 5.49. The lowest BCUT2D eigenvalue weighted by atomic mass is 9.92. The molecule has 3 heteroatoms. The van der Waals surface area contributed by atoms with Crippen molar-refractivity contribution < 1.29 is 0 Å². The summed E-state index contributed by atoms with van der Waals surface area (Å²) in [5.41, 5.74) is 0.975. The van der Waals surface area contributed by atoms with Gasteiger partial charge in [-0.25, -0.2) is 4.98 Å². The topological polar surface area (TPSA) is 34.9 Å². The number of aromatic nitrogens is 2. The minimum Gasteiger partial charge on any atom is -0.296 e. The maximum atomic E-state index is 11.8. The predicted molar refractivity (Wildman–Crippen MR) is 60.1 cm³/mol. The fraction of sp³-hybridized carbons (Fsp3) is 0.667. The first kappa shape index (κ1) is 10.4. The summed E-state index contributed by atoms with van der Waals surface area (Å²) in [5.74, 6) is 1.50. The smallest absolute Gasteiger partial charge is 0.253 e. The molecule has 0 aliphatic carbocycles. The number of rotatable bonds is 0. The zero-order chi connectivity index (χ0) is 11.2. The van der Waals surface area contributed by atoms with Gasteiger partial charge in [-0.05, 0) is 5.92 Å². The van der Waals surface area contributed by atoms with Crippen LogP contribution in [-0.4, -0.2) is 9.55 Å². The largest absolute Gasteiger partial charge is 0.296 e. The Hall–Kier alpha value is -1.12. The lowest BCUT2D eigenvalue weighted by molar-refractivity contribution is 0.546. The highest BCUT2D eigenvalue weighted by molar-refractivity contribution is 5.15. The molecule has 1 atom stereocenters. The minimum atomic E-state index is -0.0411. The Morgan fingerprint density at radius 3 is 2.73 bits per heavy atom. The summed E-state index contributed by atoms with van der Waals surface area (Å²) < 4.78 is 1.81. The van der Waals surface area contributed by atoms with Crippen LogP contribution in [0.1, 0.15) is 39.2 Å². The highest BCUT2D eigenvalue weighted by Gasteiger charge is 2.24. The molecule has 0 N–H and O–H groups in total. The molecule has 0 bridgehead atoms. The summed E-state index contributed by atoms with van der Waals surface area (Å²) in [6.45, 7) is 9.25. The second-order valence-electron chi connectivity index (χ2n) is 5.57. The van der Waals surface area contributed by atoms with E-state index in [-0.39, 0.29) is 11.0 Å². The molecule has 0 unspecified atom stereocenters. The van der Waals surface area contributed by atoms with Crippen molar-refractivity contribution in [2.45, 2.75) is 46.1 Å². The van der Waals surface area contributed by atoms with Gasteiger partial charge in [-0.3, -0.25) is 9.36 Å². The molecule has 0 spiro atoms. The Morgan fingerprint density at radius 2 is 2.13 bits per heavy atom. The van der Waals surface area contributed by atoms with E-state index in [2.05, 4.69) is 32.7 Å². The summed E-state index contributed by atoms with van der Waals surface area (Å²) in [6.07, 6.45) is 0.930. The van der Waals surface area contributed by atoms with E-state index in [9.17, 15) is 4.79 Å². The third-order valence-electron chi connectivity index (χ3n) is 2.88. The summed E-state index contributed by atoms with van der Waals surface area (Å²) in [7, 11) is 0. The van der Waals surface area contributed by atoms with Crippen molar-refractivity contribution in [1.82, 2.24) is 9.55 Å². The van der Waals surface area contributed by atoms with Crippen LogP contribution in [0.15, 0.2) is 10.9 Å². The molecule has 1 aliphatic rings. The normalized spacial score (nSPS) is 20.4. The van der Waals surface area contributed by atoms with Gasteiger partial charge in [-0.1, -0.05) is 27.7 Å². The lowest BCUT2D eigenvalue weighted by Gasteiger charge is -2.18. The molecule has 0 aromatic carbocycles. The molecule has 15 heavy (non-hydrogen) atoms. The first-order chi connectivity index (χ1) is 6.88. The third-order valence-corrected chi connectivity index (χ3v) is 2.88. The minimum absolute atomic E-state index is 0.0411. The van der Waals surface area contributed by atoms with Crippen LogP contribution in [0.25, 0.3) is 0 Å². The van der Waals surface area contributed by atoms with E-state index in [1.807, 2.05) is 0 Å². The van der Waals surface area contributed by atoms with Crippen LogP contribution in [0.4, 0.5) is 0 Å². The number of nitrogens with zero attached hydrogens (tertiary/aromatic N) is 2. The van der Waals surface area contributed by atoms with Crippen molar-refractivity contribution in [1.29, 1.82) is 0 Å². The van der Waals surface area contributed by atoms with Crippen LogP contribution >= 0.6 is 0 Å². The summed E-state index contributed by atoms with van der Waals surface area (Å²) in [5, 5.41) is 0. The van der Waals surface area contributed by atoms with Crippen molar-refractivity contribution in [3.8, 4) is 0 Å². The van der Waals surface area contributed by atoms with E-state index in [1.54, 1.807) is 10.6 Å². The Balaban J connectivity index is 2.54. The quantitative estimate of drug-likeness (QED) is 0.648. The van der Waals surface area contributed by atoms with Crippen LogP contribution in [0.3, 0.4) is 0 Å². The van der Waals surface area contributed by atoms with Gasteiger partial charge in [0.15, 0.2) is 0 Å². The monoisotopic (exact) mass is 206 g/mol. The van der Waals surface area contributed by atoms with Gasteiger partial charge in [0.25, 0.3) is 5.56 Å². The lowest BCUT2D eigenvalue weighted by Crippen LogP contribution is -2.25. The number of fused-ring (bicyclic) bond motifs is 1. The van der Waals surface area contributed by atoms with E-state index < -0.39 is 0 Å². The van der Waals surface area contributed by atoms with Gasteiger partial charge >= 0.3 is 0 Å². The number of hydrogen-bond acceptors (Lipinski definition) is 2. The zero-order valence-electron chi connectivity index (χ0n) is 9.87. The van der Waals surface area contributed by atoms with Gasteiger partial charge in [0.2, 0.25) is 0 Å². The maximum Gasteiger partial charge on any atom is 0.253 e. The molecule has 2 rings (SSSR count). The van der Waals surface area contributed by atoms with Crippen LogP contribution < -0.4 is 5.56 Å². The molecular formula is C12H18N2O. The molecule has 3 nitrogen and oxygen atoms in total. The molecule has 82 valence electrons. The molecule has 0 saturated heterocycles. The predicted octanol–water partition coefficient (Wildman–Crippen LogP) is 1.73. The van der Waals surface area contributed by atoms with E-state index >= 15 is 0 Å². The Morgan fingerprint density at radius 1 is 1.47 bits per heavy atom. The van der Waals surface area contributed by atoms with Gasteiger partial charge in [-0.2, -0.15) is 0 Å². The molecule has 1 aromatic heterocycles. The van der Waals surface area contributed by atoms with Crippen molar-refractivity contribution in [2.75, 3.05) is 0 Å². The fourth-order valence-electron chi connectivity index (χ4n) is 1.98. The Labute approximate surface area is 90.2 Å². The fourth-order valence-corrected chi connectivity index (χ4v) is 1.98. The molecular weight excluding hydrogens is 188 g/mol. The van der Waals surface area contributed by atoms with Crippen LogP contribution in [0, 0.1) is 5.92 Å². The molecule has 0 fully saturated rings. The van der Waals surface area contributed by atoms with Crippen molar-refractivity contribution >= 4 is 0 Å². The highest BCUT2D eigenvalue weighted by Crippen LogP contribution is 2.22. The standard InChI is InChI=1S/C12H18N2O/c1-8-5-10-13-9(12(2,3)4)6-11(15)14(10)7-8/h6,8H,5,7H2,1-4H3/t8-/m0/s1. The molecule has 1 aliphatic heterocycles. The van der Waals surface area contributed by atoms with Crippen molar-refractivity contribution in [3.05, 3.63) is 27.9 Å². The van der Waals surface area contributed by atoms with Gasteiger partial charge in [0.05, 0.1) is 5.69 Å². The van der Waals surface area contributed by atoms with E-state index in [4.69, 9.17) is 0 Å². The van der Waals surface area contributed by atoms with Gasteiger partial charge in [0.1, 0.15) is 5.82 Å². The van der Waals surface area contributed by atoms with Crippen molar-refractivity contribution in [3.63, 3.8) is 0 Å². The summed E-state index contributed by atoms with van der Waals surface area (Å²) in [6, 6.07) is 1.68. The van der Waals surface area contributed by atoms with E-state index in [1.165, 1.54) is 0 Å². The van der Waals surface area contributed by atoms with E-state index in [0.717, 1.165) is 24.5 Å². The average Bonchev–Trinajstić information content (AvgIpc) is 2.44. The molecule has 0 saturated carbocycles. The maximum absolute atomic E-state index is 11.8. The second kappa shape index (κ2) is 3.19. The van der Waals surface area contributed by atoms with Crippen LogP contribution in [0.5, 0.6) is 0 Å².